The Bertz CT molecular complexity index is 984. The van der Waals surface area contributed by atoms with Crippen molar-refractivity contribution in [2.75, 3.05) is 13.1 Å². The van der Waals surface area contributed by atoms with E-state index >= 15 is 0 Å². The largest absolute Gasteiger partial charge is 0.448 e. The van der Waals surface area contributed by atoms with E-state index in [9.17, 15) is 19.2 Å². The zero-order valence-electron chi connectivity index (χ0n) is 15.8. The zero-order valence-corrected chi connectivity index (χ0v) is 15.8. The normalized spacial score (nSPS) is 14.8. The number of ether oxygens (including phenoxy) is 1. The average molecular weight is 386 g/mol. The van der Waals surface area contributed by atoms with Gasteiger partial charge < -0.3 is 10.1 Å². The summed E-state index contributed by atoms with van der Waals surface area (Å²) >= 11 is 0. The first kappa shape index (κ1) is 19.5. The number of esters is 1. The second kappa shape index (κ2) is 8.20. The van der Waals surface area contributed by atoms with Gasteiger partial charge in [0.1, 0.15) is 0 Å². The lowest BCUT2D eigenvalue weighted by atomic mass is 10.1. The predicted octanol–water partition coefficient (Wildman–Crippen LogP) is 1.29. The Morgan fingerprint density at radius 1 is 1.25 bits per heavy atom. The van der Waals surface area contributed by atoms with Crippen LogP contribution in [0.5, 0.6) is 0 Å². The van der Waals surface area contributed by atoms with Crippen LogP contribution >= 0.6 is 0 Å². The van der Waals surface area contributed by atoms with Crippen LogP contribution in [0.15, 0.2) is 29.1 Å². The molecule has 1 fully saturated rings. The van der Waals surface area contributed by atoms with Crippen molar-refractivity contribution in [3.63, 3.8) is 0 Å². The van der Waals surface area contributed by atoms with E-state index in [-0.39, 0.29) is 17.8 Å². The number of hydrogen-bond donors (Lipinski definition) is 1. The fourth-order valence-corrected chi connectivity index (χ4v) is 3.01. The highest BCUT2D eigenvalue weighted by atomic mass is 16.5. The summed E-state index contributed by atoms with van der Waals surface area (Å²) in [7, 11) is 0. The smallest absolute Gasteiger partial charge is 0.360 e. The molecule has 1 saturated heterocycles. The minimum Gasteiger partial charge on any atom is -0.448 e. The summed E-state index contributed by atoms with van der Waals surface area (Å²) < 4.78 is 6.53. The number of unbranched alkanes of at least 4 members (excludes halogenated alkanes) is 1. The summed E-state index contributed by atoms with van der Waals surface area (Å²) in [5.41, 5.74) is -0.310. The molecule has 0 saturated carbocycles. The Labute approximate surface area is 161 Å². The Balaban J connectivity index is 1.90. The number of carbonyl (C=O) groups is 3. The van der Waals surface area contributed by atoms with Gasteiger partial charge in [0.15, 0.2) is 11.8 Å². The van der Waals surface area contributed by atoms with E-state index in [4.69, 9.17) is 4.74 Å². The van der Waals surface area contributed by atoms with Gasteiger partial charge in [-0.1, -0.05) is 31.5 Å². The van der Waals surface area contributed by atoms with E-state index in [1.807, 2.05) is 6.92 Å². The maximum absolute atomic E-state index is 12.7. The second-order valence-electron chi connectivity index (χ2n) is 6.55. The molecule has 1 N–H and O–H groups in total. The van der Waals surface area contributed by atoms with Crippen molar-refractivity contribution in [2.45, 2.75) is 39.3 Å². The number of nitrogens with zero attached hydrogens (tertiary/aromatic N) is 3. The lowest BCUT2D eigenvalue weighted by Crippen LogP contribution is -2.42. The van der Waals surface area contributed by atoms with Crippen molar-refractivity contribution in [1.82, 2.24) is 20.0 Å². The van der Waals surface area contributed by atoms with E-state index in [0.717, 1.165) is 17.7 Å². The summed E-state index contributed by atoms with van der Waals surface area (Å²) in [6.07, 6.45) is 0.441. The molecule has 0 spiro atoms. The van der Waals surface area contributed by atoms with Crippen LogP contribution in [0.3, 0.4) is 0 Å². The molecule has 2 heterocycles. The number of fused-ring (bicyclic) bond motifs is 1. The first-order chi connectivity index (χ1) is 13.4. The maximum Gasteiger partial charge on any atom is 0.360 e. The van der Waals surface area contributed by atoms with Crippen LogP contribution in [-0.4, -0.2) is 51.8 Å². The number of rotatable bonds is 6. The summed E-state index contributed by atoms with van der Waals surface area (Å²) in [6.45, 7) is 4.36. The Kier molecular flexibility index (Phi) is 5.72. The van der Waals surface area contributed by atoms with Gasteiger partial charge in [0.05, 0.1) is 5.39 Å². The molecule has 1 aromatic heterocycles. The maximum atomic E-state index is 12.7. The number of urea groups is 1. The lowest BCUT2D eigenvalue weighted by molar-refractivity contribution is -0.136. The van der Waals surface area contributed by atoms with E-state index < -0.39 is 24.0 Å². The minimum atomic E-state index is -1.16. The lowest BCUT2D eigenvalue weighted by Gasteiger charge is -2.18. The van der Waals surface area contributed by atoms with Gasteiger partial charge in [0.25, 0.3) is 11.5 Å². The molecule has 9 heteroatoms. The van der Waals surface area contributed by atoms with Crippen molar-refractivity contribution < 1.29 is 19.1 Å². The molecule has 28 heavy (non-hydrogen) atoms. The van der Waals surface area contributed by atoms with Gasteiger partial charge in [-0.2, -0.15) is 5.10 Å². The third-order valence-corrected chi connectivity index (χ3v) is 4.54. The van der Waals surface area contributed by atoms with E-state index in [1.165, 1.54) is 11.6 Å². The van der Waals surface area contributed by atoms with Crippen LogP contribution in [0.1, 0.15) is 37.2 Å². The molecular weight excluding hydrogens is 364 g/mol. The number of amides is 3. The molecule has 1 aromatic carbocycles. The van der Waals surface area contributed by atoms with Gasteiger partial charge in [0, 0.05) is 25.0 Å². The molecule has 9 nitrogen and oxygen atoms in total. The highest BCUT2D eigenvalue weighted by Gasteiger charge is 2.32. The zero-order chi connectivity index (χ0) is 20.3. The first-order valence-corrected chi connectivity index (χ1v) is 9.24. The predicted molar refractivity (Wildman–Crippen MR) is 101 cm³/mol. The summed E-state index contributed by atoms with van der Waals surface area (Å²) in [5, 5.41) is 7.44. The second-order valence-corrected chi connectivity index (χ2v) is 6.55. The third-order valence-electron chi connectivity index (χ3n) is 4.54. The van der Waals surface area contributed by atoms with E-state index in [0.29, 0.717) is 23.9 Å². The summed E-state index contributed by atoms with van der Waals surface area (Å²) in [5.74, 6) is -1.42. The molecule has 0 bridgehead atoms. The highest BCUT2D eigenvalue weighted by Crippen LogP contribution is 2.16. The van der Waals surface area contributed by atoms with Crippen molar-refractivity contribution in [3.05, 3.63) is 40.3 Å². The summed E-state index contributed by atoms with van der Waals surface area (Å²) in [6, 6.07) is 6.14. The molecule has 2 aromatic rings. The first-order valence-electron chi connectivity index (χ1n) is 9.24. The molecule has 1 aliphatic heterocycles. The van der Waals surface area contributed by atoms with Crippen LogP contribution < -0.4 is 10.9 Å². The van der Waals surface area contributed by atoms with Crippen molar-refractivity contribution in [3.8, 4) is 0 Å². The molecule has 0 aliphatic carbocycles. The van der Waals surface area contributed by atoms with Crippen LogP contribution in [-0.2, 0) is 16.1 Å². The van der Waals surface area contributed by atoms with Gasteiger partial charge in [-0.3, -0.25) is 14.5 Å². The van der Waals surface area contributed by atoms with Crippen LogP contribution in [0, 0.1) is 0 Å². The van der Waals surface area contributed by atoms with Gasteiger partial charge in [-0.15, -0.1) is 0 Å². The number of aromatic nitrogens is 2. The number of imide groups is 1. The molecule has 3 rings (SSSR count). The van der Waals surface area contributed by atoms with Crippen LogP contribution in [0.2, 0.25) is 0 Å². The molecule has 1 atom stereocenters. The molecule has 1 aliphatic rings. The number of carbonyl (C=O) groups excluding carboxylic acids is 3. The highest BCUT2D eigenvalue weighted by molar-refractivity contribution is 6.04. The average Bonchev–Trinajstić information content (AvgIpc) is 3.12. The molecule has 3 amide bonds. The van der Waals surface area contributed by atoms with Crippen LogP contribution in [0.4, 0.5) is 4.79 Å². The molecule has 148 valence electrons. The van der Waals surface area contributed by atoms with Gasteiger partial charge >= 0.3 is 12.0 Å². The Morgan fingerprint density at radius 3 is 2.61 bits per heavy atom. The monoisotopic (exact) mass is 386 g/mol. The fourth-order valence-electron chi connectivity index (χ4n) is 3.01. The molecule has 0 unspecified atom stereocenters. The number of nitrogens with one attached hydrogen (secondary N) is 1. The molecular formula is C19H22N4O5. The van der Waals surface area contributed by atoms with Crippen LogP contribution in [0.25, 0.3) is 10.8 Å². The van der Waals surface area contributed by atoms with Gasteiger partial charge in [-0.25, -0.2) is 14.3 Å². The van der Waals surface area contributed by atoms with Gasteiger partial charge in [-0.05, 0) is 19.4 Å². The van der Waals surface area contributed by atoms with Crippen molar-refractivity contribution in [1.29, 1.82) is 0 Å². The van der Waals surface area contributed by atoms with E-state index in [2.05, 4.69) is 10.4 Å². The number of aryl methyl sites for hydroxylation is 1. The standard InChI is InChI=1S/C19H22N4O5/c1-3-4-10-23-17(25)14-8-6-5-7-13(14)15(21-23)18(26)28-12(2)16(24)22-11-9-20-19(22)27/h5-8,12H,3-4,9-11H2,1-2H3,(H,20,27)/t12-/m0/s1. The quantitative estimate of drug-likeness (QED) is 0.749. The number of benzene rings is 1. The SMILES string of the molecule is CCCCn1nc(C(=O)O[C@@H](C)C(=O)N2CCNC2=O)c2ccccc2c1=O. The van der Waals surface area contributed by atoms with Gasteiger partial charge in [0.2, 0.25) is 0 Å². The third kappa shape index (κ3) is 3.73. The minimum absolute atomic E-state index is 0.0307. The Hall–Kier alpha value is -3.23. The Morgan fingerprint density at radius 2 is 1.96 bits per heavy atom. The summed E-state index contributed by atoms with van der Waals surface area (Å²) in [4.78, 5) is 50.3. The fraction of sp³-hybridized carbons (Fsp3) is 0.421. The number of hydrogen-bond acceptors (Lipinski definition) is 6. The van der Waals surface area contributed by atoms with E-state index in [1.54, 1.807) is 24.3 Å². The van der Waals surface area contributed by atoms with Crippen molar-refractivity contribution >= 4 is 28.7 Å². The topological polar surface area (TPSA) is 111 Å². The molecule has 0 radical (unpaired) electrons. The van der Waals surface area contributed by atoms with Crippen molar-refractivity contribution in [2.24, 2.45) is 0 Å².